The minimum atomic E-state index is -5.08. The molecule has 0 aliphatic carbocycles. The molecular weight excluding hydrogens is 549 g/mol. The van der Waals surface area contributed by atoms with Gasteiger partial charge in [-0.3, -0.25) is 9.78 Å². The standard InChI is InChI=1S/C26H31ClN4O2.C2HF3O2/c1-30-17-23(21-6-11-29-15-22(21)26(30)32)19-2-3-25(24(27)14-19)33-20-7-12-31(13-8-20)16-18-4-9-28-10-5-18;3-2(4,5)1(6)7/h2-3,6,11,14-15,17-18,20,28H,4-5,7-10,12-13,16H2,1H3;(H,6,7). The molecule has 1 aromatic carbocycles. The smallest absolute Gasteiger partial charge is 0.489 e. The summed E-state index contributed by atoms with van der Waals surface area (Å²) in [5.41, 5.74) is 1.85. The van der Waals surface area contributed by atoms with Gasteiger partial charge >= 0.3 is 12.1 Å². The average Bonchev–Trinajstić information content (AvgIpc) is 2.93. The first-order chi connectivity index (χ1) is 19.0. The summed E-state index contributed by atoms with van der Waals surface area (Å²) in [5.74, 6) is -1.20. The topological polar surface area (TPSA) is 96.7 Å². The van der Waals surface area contributed by atoms with E-state index in [9.17, 15) is 18.0 Å². The predicted molar refractivity (Wildman–Crippen MR) is 147 cm³/mol. The van der Waals surface area contributed by atoms with Crippen LogP contribution in [0.1, 0.15) is 25.7 Å². The second-order valence-electron chi connectivity index (χ2n) is 10.1. The second-order valence-corrected chi connectivity index (χ2v) is 10.5. The number of rotatable bonds is 5. The summed E-state index contributed by atoms with van der Waals surface area (Å²) in [7, 11) is 1.76. The van der Waals surface area contributed by atoms with Gasteiger partial charge in [0, 0.05) is 50.8 Å². The molecular formula is C28H32ClF3N4O4. The van der Waals surface area contributed by atoms with Crippen molar-refractivity contribution in [3.8, 4) is 16.9 Å². The Hall–Kier alpha value is -3.15. The average molecular weight is 581 g/mol. The summed E-state index contributed by atoms with van der Waals surface area (Å²) < 4.78 is 39.6. The van der Waals surface area contributed by atoms with Crippen LogP contribution in [0.3, 0.4) is 0 Å². The number of piperidine rings is 2. The Morgan fingerprint density at radius 2 is 1.82 bits per heavy atom. The van der Waals surface area contributed by atoms with Gasteiger partial charge in [-0.05, 0) is 73.8 Å². The van der Waals surface area contributed by atoms with Gasteiger partial charge in [0.2, 0.25) is 0 Å². The lowest BCUT2D eigenvalue weighted by atomic mass is 9.96. The van der Waals surface area contributed by atoms with Crippen molar-refractivity contribution in [2.45, 2.75) is 38.0 Å². The van der Waals surface area contributed by atoms with E-state index in [1.807, 2.05) is 30.5 Å². The Morgan fingerprint density at radius 1 is 1.15 bits per heavy atom. The van der Waals surface area contributed by atoms with Crippen molar-refractivity contribution in [2.75, 3.05) is 32.7 Å². The van der Waals surface area contributed by atoms with Gasteiger partial charge in [0.05, 0.1) is 10.4 Å². The van der Waals surface area contributed by atoms with Gasteiger partial charge in [0.1, 0.15) is 11.9 Å². The van der Waals surface area contributed by atoms with Crippen molar-refractivity contribution < 1.29 is 27.8 Å². The van der Waals surface area contributed by atoms with Gasteiger partial charge in [0.25, 0.3) is 5.56 Å². The van der Waals surface area contributed by atoms with Crippen LogP contribution >= 0.6 is 11.6 Å². The van der Waals surface area contributed by atoms with Crippen molar-refractivity contribution in [1.82, 2.24) is 19.8 Å². The molecule has 216 valence electrons. The molecule has 0 spiro atoms. The number of nitrogens with zero attached hydrogens (tertiary/aromatic N) is 3. The molecule has 0 atom stereocenters. The molecule has 2 N–H and O–H groups in total. The van der Waals surface area contributed by atoms with E-state index in [1.165, 1.54) is 19.4 Å². The third-order valence-electron chi connectivity index (χ3n) is 7.27. The molecule has 3 aromatic rings. The van der Waals surface area contributed by atoms with Crippen LogP contribution in [-0.2, 0) is 11.8 Å². The van der Waals surface area contributed by atoms with E-state index in [4.69, 9.17) is 26.2 Å². The Balaban J connectivity index is 0.000000470. The molecule has 0 amide bonds. The quantitative estimate of drug-likeness (QED) is 0.450. The number of carbonyl (C=O) groups is 1. The fraction of sp³-hybridized carbons (Fsp3) is 0.464. The van der Waals surface area contributed by atoms with Crippen LogP contribution in [0.25, 0.3) is 21.9 Å². The van der Waals surface area contributed by atoms with Crippen LogP contribution in [-0.4, -0.2) is 70.5 Å². The van der Waals surface area contributed by atoms with Crippen molar-refractivity contribution >= 4 is 28.3 Å². The van der Waals surface area contributed by atoms with Crippen LogP contribution in [0.4, 0.5) is 13.2 Å². The van der Waals surface area contributed by atoms with Gasteiger partial charge in [0.15, 0.2) is 0 Å². The van der Waals surface area contributed by atoms with Gasteiger partial charge in [-0.2, -0.15) is 13.2 Å². The molecule has 2 fully saturated rings. The highest BCUT2D eigenvalue weighted by molar-refractivity contribution is 6.32. The summed E-state index contributed by atoms with van der Waals surface area (Å²) in [6.07, 6.45) is 4.94. The van der Waals surface area contributed by atoms with Crippen molar-refractivity contribution in [3.05, 3.63) is 58.2 Å². The number of aliphatic carboxylic acids is 1. The van der Waals surface area contributed by atoms with Gasteiger partial charge < -0.3 is 24.6 Å². The maximum absolute atomic E-state index is 12.5. The van der Waals surface area contributed by atoms with Gasteiger partial charge in [-0.1, -0.05) is 17.7 Å². The van der Waals surface area contributed by atoms with E-state index in [1.54, 1.807) is 24.0 Å². The molecule has 2 saturated heterocycles. The number of carboxylic acid groups (broad SMARTS) is 1. The minimum Gasteiger partial charge on any atom is -0.489 e. The van der Waals surface area contributed by atoms with Crippen molar-refractivity contribution in [1.29, 1.82) is 0 Å². The van der Waals surface area contributed by atoms with Crippen LogP contribution in [0.2, 0.25) is 5.02 Å². The van der Waals surface area contributed by atoms with Crippen LogP contribution in [0.5, 0.6) is 5.75 Å². The number of hydrogen-bond donors (Lipinski definition) is 2. The van der Waals surface area contributed by atoms with E-state index in [0.717, 1.165) is 67.2 Å². The molecule has 40 heavy (non-hydrogen) atoms. The summed E-state index contributed by atoms with van der Waals surface area (Å²) in [6, 6.07) is 7.79. The van der Waals surface area contributed by atoms with E-state index >= 15 is 0 Å². The number of fused-ring (bicyclic) bond motifs is 1. The lowest BCUT2D eigenvalue weighted by molar-refractivity contribution is -0.192. The summed E-state index contributed by atoms with van der Waals surface area (Å²) in [6.45, 7) is 5.70. The van der Waals surface area contributed by atoms with E-state index in [2.05, 4.69) is 15.2 Å². The molecule has 2 aliphatic heterocycles. The van der Waals surface area contributed by atoms with E-state index < -0.39 is 12.1 Å². The molecule has 5 rings (SSSR count). The number of pyridine rings is 2. The summed E-state index contributed by atoms with van der Waals surface area (Å²) in [4.78, 5) is 28.1. The van der Waals surface area contributed by atoms with Crippen LogP contribution < -0.4 is 15.6 Å². The summed E-state index contributed by atoms with van der Waals surface area (Å²) in [5, 5.41) is 12.6. The number of aromatic nitrogens is 2. The number of aryl methyl sites for hydroxylation is 1. The first kappa shape index (κ1) is 29.8. The maximum Gasteiger partial charge on any atom is 0.490 e. The molecule has 8 nitrogen and oxygen atoms in total. The second kappa shape index (κ2) is 13.0. The molecule has 12 heteroatoms. The Morgan fingerprint density at radius 3 is 2.45 bits per heavy atom. The fourth-order valence-electron chi connectivity index (χ4n) is 5.12. The van der Waals surface area contributed by atoms with Crippen molar-refractivity contribution in [3.63, 3.8) is 0 Å². The minimum absolute atomic E-state index is 0.0561. The molecule has 2 aliphatic rings. The highest BCUT2D eigenvalue weighted by Crippen LogP contribution is 2.34. The third kappa shape index (κ3) is 7.52. The molecule has 4 heterocycles. The molecule has 0 bridgehead atoms. The molecule has 0 unspecified atom stereocenters. The number of alkyl halides is 3. The normalized spacial score (nSPS) is 17.3. The number of carboxylic acids is 1. The Labute approximate surface area is 234 Å². The van der Waals surface area contributed by atoms with Crippen LogP contribution in [0, 0.1) is 5.92 Å². The monoisotopic (exact) mass is 580 g/mol. The number of hydrogen-bond acceptors (Lipinski definition) is 6. The third-order valence-corrected chi connectivity index (χ3v) is 7.57. The molecule has 0 saturated carbocycles. The number of benzene rings is 1. The van der Waals surface area contributed by atoms with E-state index in [0.29, 0.717) is 10.4 Å². The fourth-order valence-corrected chi connectivity index (χ4v) is 5.35. The SMILES string of the molecule is Cn1cc(-c2ccc(OC3CCN(CC4CCNCC4)CC3)c(Cl)c2)c2ccncc2c1=O.O=C(O)C(F)(F)F. The zero-order valence-corrected chi connectivity index (χ0v) is 22.8. The first-order valence-corrected chi connectivity index (χ1v) is 13.5. The highest BCUT2D eigenvalue weighted by Gasteiger charge is 2.38. The first-order valence-electron chi connectivity index (χ1n) is 13.2. The highest BCUT2D eigenvalue weighted by atomic mass is 35.5. The predicted octanol–water partition coefficient (Wildman–Crippen LogP) is 4.73. The van der Waals surface area contributed by atoms with Gasteiger partial charge in [-0.25, -0.2) is 4.79 Å². The number of ether oxygens (including phenoxy) is 1. The number of halogens is 4. The zero-order chi connectivity index (χ0) is 28.9. The van der Waals surface area contributed by atoms with Crippen molar-refractivity contribution in [2.24, 2.45) is 13.0 Å². The zero-order valence-electron chi connectivity index (χ0n) is 22.1. The molecule has 2 aromatic heterocycles. The lowest BCUT2D eigenvalue weighted by Gasteiger charge is -2.35. The number of likely N-dealkylation sites (tertiary alicyclic amines) is 1. The number of nitrogens with one attached hydrogen (secondary N) is 1. The molecule has 0 radical (unpaired) electrons. The summed E-state index contributed by atoms with van der Waals surface area (Å²) >= 11 is 6.66. The lowest BCUT2D eigenvalue weighted by Crippen LogP contribution is -2.42. The van der Waals surface area contributed by atoms with Gasteiger partial charge in [-0.15, -0.1) is 0 Å². The Bertz CT molecular complexity index is 1380. The maximum atomic E-state index is 12.5. The largest absolute Gasteiger partial charge is 0.490 e. The Kier molecular flexibility index (Phi) is 9.70. The van der Waals surface area contributed by atoms with Crippen LogP contribution in [0.15, 0.2) is 47.7 Å². The van der Waals surface area contributed by atoms with E-state index in [-0.39, 0.29) is 11.7 Å².